The van der Waals surface area contributed by atoms with Crippen LogP contribution in [0.15, 0.2) is 96.4 Å². The number of nitrogens with one attached hydrogen (secondary N) is 7. The number of carbonyl (C=O) groups excluding carboxylic acids is 7. The molecule has 0 radical (unpaired) electrons. The maximum atomic E-state index is 13.0. The lowest BCUT2D eigenvalue weighted by molar-refractivity contribution is -0.118. The number of hydrogen-bond acceptors (Lipinski definition) is 19. The molecule has 3 aromatic carbocycles. The van der Waals surface area contributed by atoms with Crippen LogP contribution >= 0.6 is 11.6 Å². The van der Waals surface area contributed by atoms with Gasteiger partial charge in [0.15, 0.2) is 17.6 Å². The number of imidazole rings is 2. The van der Waals surface area contributed by atoms with Crippen LogP contribution in [0.4, 0.5) is 34.4 Å². The van der Waals surface area contributed by atoms with Gasteiger partial charge in [0, 0.05) is 101 Å². The number of nitrogens with zero attached hydrogens (tertiary/aromatic N) is 7. The molecular weight excluding hydrogens is 1290 g/mol. The van der Waals surface area contributed by atoms with Crippen LogP contribution in [0.3, 0.4) is 0 Å². The highest BCUT2D eigenvalue weighted by Crippen LogP contribution is 2.41. The van der Waals surface area contributed by atoms with Crippen molar-refractivity contribution < 1.29 is 71.5 Å². The third-order valence-electron chi connectivity index (χ3n) is 14.8. The van der Waals surface area contributed by atoms with Gasteiger partial charge >= 0.3 is 0 Å². The summed E-state index contributed by atoms with van der Waals surface area (Å²) in [7, 11) is 4.81. The lowest BCUT2D eigenvalue weighted by Crippen LogP contribution is -2.43. The summed E-state index contributed by atoms with van der Waals surface area (Å²) in [4.78, 5) is 103. The second-order valence-corrected chi connectivity index (χ2v) is 22.9. The van der Waals surface area contributed by atoms with Crippen LogP contribution in [-0.4, -0.2) is 202 Å². The van der Waals surface area contributed by atoms with Crippen molar-refractivity contribution in [1.82, 2.24) is 34.3 Å². The van der Waals surface area contributed by atoms with Crippen molar-refractivity contribution in [3.63, 3.8) is 0 Å². The SMILES string of the molecule is CC(=O)N1c2ccc(-c3ccc(NC(=O)CCOCCOCCOCCOCCOCCOCCOCCOCCNC(=O)c4nc(NC(=O)CCNC(=O)c5cc(NC(=O)c6nc(NC(=O)CCN=C(N)N)cn6C)cn5C)cn4C)cc3)cc2[C@H](Nc2ccc(Cl)cc2)C[C@@H]1C. The Kier molecular flexibility index (Phi) is 31.4. The van der Waals surface area contributed by atoms with Gasteiger partial charge in [-0.1, -0.05) is 29.8 Å². The van der Waals surface area contributed by atoms with Crippen LogP contribution in [0.2, 0.25) is 5.02 Å². The van der Waals surface area contributed by atoms with E-state index in [0.29, 0.717) is 109 Å². The van der Waals surface area contributed by atoms with Gasteiger partial charge in [0.1, 0.15) is 5.69 Å². The number of hydrogen-bond donors (Lipinski definition) is 9. The number of aryl methyl sites for hydroxylation is 3. The van der Waals surface area contributed by atoms with Crippen LogP contribution < -0.4 is 53.6 Å². The number of rotatable bonds is 43. The van der Waals surface area contributed by atoms with E-state index in [1.165, 1.54) is 38.4 Å². The number of guanidine groups is 1. The topological polar surface area (TPSA) is 386 Å². The maximum Gasteiger partial charge on any atom is 0.291 e. The highest BCUT2D eigenvalue weighted by Gasteiger charge is 2.33. The number of aliphatic imine (C=N–C) groups is 1. The Morgan fingerprint density at radius 2 is 1.01 bits per heavy atom. The van der Waals surface area contributed by atoms with E-state index in [9.17, 15) is 33.6 Å². The Balaban J connectivity index is 0.610. The molecule has 0 saturated carbocycles. The fraction of sp³-hybridized carbons (Fsp3) is 0.455. The van der Waals surface area contributed by atoms with Gasteiger partial charge < -0.3 is 105 Å². The molecule has 11 N–H and O–H groups in total. The van der Waals surface area contributed by atoms with Gasteiger partial charge in [0.2, 0.25) is 35.3 Å². The summed E-state index contributed by atoms with van der Waals surface area (Å²) in [5.74, 6) is -2.33. The molecule has 0 fully saturated rings. The van der Waals surface area contributed by atoms with E-state index in [2.05, 4.69) is 65.2 Å². The zero-order valence-corrected chi connectivity index (χ0v) is 56.6. The minimum atomic E-state index is -0.590. The Bertz CT molecular complexity index is 3600. The monoisotopic (exact) mass is 1380 g/mol. The van der Waals surface area contributed by atoms with Gasteiger partial charge in [-0.2, -0.15) is 0 Å². The summed E-state index contributed by atoms with van der Waals surface area (Å²) in [6.45, 7) is 9.80. The molecule has 31 nitrogen and oxygen atoms in total. The first-order valence-electron chi connectivity index (χ1n) is 32.1. The second-order valence-electron chi connectivity index (χ2n) is 22.4. The maximum absolute atomic E-state index is 13.0. The van der Waals surface area contributed by atoms with Gasteiger partial charge in [0.25, 0.3) is 17.7 Å². The minimum Gasteiger partial charge on any atom is -0.379 e. The van der Waals surface area contributed by atoms with Crippen molar-refractivity contribution in [3.8, 4) is 11.1 Å². The lowest BCUT2D eigenvalue weighted by Gasteiger charge is -2.39. The highest BCUT2D eigenvalue weighted by atomic mass is 35.5. The molecule has 6 aromatic rings. The predicted molar refractivity (Wildman–Crippen MR) is 368 cm³/mol. The fourth-order valence-electron chi connectivity index (χ4n) is 10.1. The van der Waals surface area contributed by atoms with E-state index in [4.69, 9.17) is 61.0 Å². The van der Waals surface area contributed by atoms with Crippen molar-refractivity contribution >= 4 is 93.3 Å². The predicted octanol–water partition coefficient (Wildman–Crippen LogP) is 4.62. The van der Waals surface area contributed by atoms with Crippen molar-refractivity contribution in [2.45, 2.75) is 51.6 Å². The number of amides is 7. The molecule has 1 aliphatic heterocycles. The molecule has 4 heterocycles. The van der Waals surface area contributed by atoms with Crippen LogP contribution in [0.25, 0.3) is 11.1 Å². The second kappa shape index (κ2) is 40.4. The van der Waals surface area contributed by atoms with Crippen molar-refractivity contribution in [2.24, 2.45) is 37.6 Å². The van der Waals surface area contributed by atoms with E-state index in [0.717, 1.165) is 34.5 Å². The first-order valence-corrected chi connectivity index (χ1v) is 32.4. The van der Waals surface area contributed by atoms with E-state index >= 15 is 0 Å². The Morgan fingerprint density at radius 3 is 1.56 bits per heavy atom. The smallest absolute Gasteiger partial charge is 0.291 e. The molecule has 0 bridgehead atoms. The van der Waals surface area contributed by atoms with Gasteiger partial charge in [-0.3, -0.25) is 38.6 Å². The molecular formula is C66H89ClN16O15. The Hall–Kier alpha value is -9.31. The summed E-state index contributed by atoms with van der Waals surface area (Å²) < 4.78 is 48.9. The number of anilines is 6. The van der Waals surface area contributed by atoms with Crippen LogP contribution in [0.5, 0.6) is 0 Å². The number of carbonyl (C=O) groups is 7. The molecule has 2 atom stereocenters. The molecule has 0 saturated heterocycles. The van der Waals surface area contributed by atoms with Gasteiger partial charge in [-0.05, 0) is 84.6 Å². The summed E-state index contributed by atoms with van der Waals surface area (Å²) in [5.41, 5.74) is 16.6. The quantitative estimate of drug-likeness (QED) is 0.0143. The summed E-state index contributed by atoms with van der Waals surface area (Å²) in [5, 5.41) is 20.5. The average Bonchev–Trinajstić information content (AvgIpc) is 1.07. The largest absolute Gasteiger partial charge is 0.379 e. The number of halogens is 1. The van der Waals surface area contributed by atoms with E-state index in [1.54, 1.807) is 28.1 Å². The third-order valence-corrected chi connectivity index (χ3v) is 15.0. The molecule has 98 heavy (non-hydrogen) atoms. The number of aromatic nitrogens is 5. The fourth-order valence-corrected chi connectivity index (χ4v) is 10.2. The van der Waals surface area contributed by atoms with Crippen LogP contribution in [-0.2, 0) is 78.2 Å². The Labute approximate surface area is 573 Å². The normalized spacial score (nSPS) is 13.3. The molecule has 530 valence electrons. The number of ether oxygens (including phenoxy) is 8. The molecule has 7 amide bonds. The van der Waals surface area contributed by atoms with Crippen molar-refractivity contribution in [1.29, 1.82) is 0 Å². The van der Waals surface area contributed by atoms with Gasteiger partial charge in [-0.25, -0.2) is 9.97 Å². The summed E-state index contributed by atoms with van der Waals surface area (Å²) >= 11 is 6.13. The van der Waals surface area contributed by atoms with Crippen LogP contribution in [0, 0.1) is 0 Å². The first kappa shape index (κ1) is 76.1. The van der Waals surface area contributed by atoms with Gasteiger partial charge in [0.05, 0.1) is 130 Å². The summed E-state index contributed by atoms with van der Waals surface area (Å²) in [6.07, 6.45) is 5.33. The molecule has 0 spiro atoms. The standard InChI is InChI=1S/C66H89ClN16O15/c1-44-38-53(73-49-13-9-48(67)10-14-49)52-39-47(8-15-54(52)83(44)45(2)84)46-6-11-50(12-7-46)74-60(87)18-22-91-24-26-93-28-30-95-32-34-97-36-37-98-35-33-96-31-29-94-27-25-92-23-21-71-64(89)61-78-56(42-81(61)4)76-58(85)16-19-70-63(88)55-40-51(41-80(55)3)75-65(90)62-79-57(43-82(62)5)77-59(86)17-20-72-66(68)69/h6-15,39-44,53,73H,16-38H2,1-5H3,(H,70,88)(H,71,89)(H,74,87)(H,75,90)(H,76,85)(H,77,86)(H4,68,69,72)/t44-,53+/m0/s1. The highest BCUT2D eigenvalue weighted by molar-refractivity contribution is 6.30. The molecule has 3 aromatic heterocycles. The van der Waals surface area contributed by atoms with E-state index in [-0.39, 0.29) is 111 Å². The Morgan fingerprint density at radius 1 is 0.520 bits per heavy atom. The molecule has 0 unspecified atom stereocenters. The van der Waals surface area contributed by atoms with Crippen molar-refractivity contribution in [3.05, 3.63) is 119 Å². The zero-order valence-electron chi connectivity index (χ0n) is 55.9. The average molecular weight is 1380 g/mol. The molecule has 0 aliphatic carbocycles. The number of benzene rings is 3. The van der Waals surface area contributed by atoms with Crippen molar-refractivity contribution in [2.75, 3.05) is 157 Å². The molecule has 1 aliphatic rings. The minimum absolute atomic E-state index is 0.000872. The lowest BCUT2D eigenvalue weighted by atomic mass is 9.89. The zero-order chi connectivity index (χ0) is 70.2. The van der Waals surface area contributed by atoms with E-state index < -0.39 is 29.5 Å². The molecule has 32 heteroatoms. The first-order chi connectivity index (χ1) is 47.3. The number of fused-ring (bicyclic) bond motifs is 1. The van der Waals surface area contributed by atoms with E-state index in [1.807, 2.05) is 65.6 Å². The van der Waals surface area contributed by atoms with Crippen LogP contribution in [0.1, 0.15) is 82.9 Å². The summed E-state index contributed by atoms with van der Waals surface area (Å²) in [6, 6.07) is 22.9. The molecule has 7 rings (SSSR count). The number of nitrogens with two attached hydrogens (primary N) is 2. The third kappa shape index (κ3) is 25.6. The van der Waals surface area contributed by atoms with Gasteiger partial charge in [-0.15, -0.1) is 0 Å².